The second-order valence-electron chi connectivity index (χ2n) is 6.84. The van der Waals surface area contributed by atoms with Crippen LogP contribution in [-0.4, -0.2) is 36.4 Å². The van der Waals surface area contributed by atoms with Crippen molar-refractivity contribution in [3.8, 4) is 0 Å². The Morgan fingerprint density at radius 1 is 1.37 bits per heavy atom. The molecule has 0 radical (unpaired) electrons. The molecule has 1 unspecified atom stereocenters. The van der Waals surface area contributed by atoms with Gasteiger partial charge in [-0.05, 0) is 43.6 Å². The first-order chi connectivity index (χ1) is 8.82. The number of hydrogen-bond donors (Lipinski definition) is 2. The van der Waals surface area contributed by atoms with Gasteiger partial charge in [-0.3, -0.25) is 10.1 Å². The van der Waals surface area contributed by atoms with Gasteiger partial charge in [0.05, 0.1) is 6.61 Å². The molecule has 1 fully saturated rings. The number of rotatable bonds is 9. The second-order valence-corrected chi connectivity index (χ2v) is 6.84. The molecular formula is C15H29NO3. The van der Waals surface area contributed by atoms with E-state index in [4.69, 9.17) is 4.74 Å². The Labute approximate surface area is 116 Å². The van der Waals surface area contributed by atoms with E-state index < -0.39 is 11.5 Å². The molecule has 0 aromatic heterocycles. The fraction of sp³-hybridized carbons (Fsp3) is 0.933. The van der Waals surface area contributed by atoms with Crippen molar-refractivity contribution in [1.82, 2.24) is 5.32 Å². The molecule has 0 aliphatic heterocycles. The molecule has 4 heteroatoms. The van der Waals surface area contributed by atoms with Crippen LogP contribution >= 0.6 is 0 Å². The van der Waals surface area contributed by atoms with Gasteiger partial charge in [0.25, 0.3) is 0 Å². The predicted molar refractivity (Wildman–Crippen MR) is 76.3 cm³/mol. The van der Waals surface area contributed by atoms with Crippen molar-refractivity contribution in [2.75, 3.05) is 19.8 Å². The lowest BCUT2D eigenvalue weighted by Gasteiger charge is -2.31. The van der Waals surface area contributed by atoms with E-state index in [1.165, 1.54) is 0 Å². The Kier molecular flexibility index (Phi) is 5.81. The van der Waals surface area contributed by atoms with Gasteiger partial charge in [0.2, 0.25) is 0 Å². The lowest BCUT2D eigenvalue weighted by molar-refractivity contribution is -0.149. The first kappa shape index (κ1) is 16.4. The van der Waals surface area contributed by atoms with Gasteiger partial charge in [-0.25, -0.2) is 0 Å². The highest BCUT2D eigenvalue weighted by Crippen LogP contribution is 2.40. The first-order valence-corrected chi connectivity index (χ1v) is 7.38. The second kappa shape index (κ2) is 6.71. The topological polar surface area (TPSA) is 58.6 Å². The van der Waals surface area contributed by atoms with Crippen LogP contribution in [-0.2, 0) is 9.53 Å². The minimum atomic E-state index is -0.867. The van der Waals surface area contributed by atoms with Crippen LogP contribution in [0.1, 0.15) is 53.4 Å². The smallest absolute Gasteiger partial charge is 0.326 e. The fourth-order valence-corrected chi connectivity index (χ4v) is 2.16. The molecule has 0 saturated heterocycles. The van der Waals surface area contributed by atoms with Crippen molar-refractivity contribution >= 4 is 5.97 Å². The van der Waals surface area contributed by atoms with E-state index in [2.05, 4.69) is 26.1 Å². The minimum Gasteiger partial charge on any atom is -0.480 e. The molecule has 1 aliphatic rings. The van der Waals surface area contributed by atoms with Crippen molar-refractivity contribution in [3.05, 3.63) is 0 Å². The Morgan fingerprint density at radius 2 is 2.00 bits per heavy atom. The zero-order valence-electron chi connectivity index (χ0n) is 12.8. The van der Waals surface area contributed by atoms with Crippen molar-refractivity contribution < 1.29 is 14.6 Å². The van der Waals surface area contributed by atoms with Crippen LogP contribution in [0.3, 0.4) is 0 Å². The van der Waals surface area contributed by atoms with Crippen LogP contribution < -0.4 is 5.32 Å². The third-order valence-corrected chi connectivity index (χ3v) is 3.67. The van der Waals surface area contributed by atoms with Crippen molar-refractivity contribution in [2.45, 2.75) is 58.9 Å². The van der Waals surface area contributed by atoms with Crippen LogP contribution in [0.4, 0.5) is 0 Å². The monoisotopic (exact) mass is 271 g/mol. The highest BCUT2D eigenvalue weighted by Gasteiger charge is 2.51. The van der Waals surface area contributed by atoms with Gasteiger partial charge in [0, 0.05) is 6.61 Å². The SMILES string of the molecule is CCCNC(COCCC(C)(C)C)(C(=O)O)C1CC1. The number of nitrogens with one attached hydrogen (secondary N) is 1. The Hall–Kier alpha value is -0.610. The van der Waals surface area contributed by atoms with Crippen LogP contribution in [0, 0.1) is 11.3 Å². The average Bonchev–Trinajstić information content (AvgIpc) is 3.11. The molecule has 0 spiro atoms. The summed E-state index contributed by atoms with van der Waals surface area (Å²) in [6.07, 6.45) is 3.86. The summed E-state index contributed by atoms with van der Waals surface area (Å²) in [5.41, 5.74) is -0.643. The summed E-state index contributed by atoms with van der Waals surface area (Å²) in [5.74, 6) is -0.537. The van der Waals surface area contributed by atoms with Crippen LogP contribution in [0.25, 0.3) is 0 Å². The molecule has 0 aromatic carbocycles. The van der Waals surface area contributed by atoms with Gasteiger partial charge in [0.15, 0.2) is 0 Å². The summed E-state index contributed by atoms with van der Waals surface area (Å²) in [5, 5.41) is 12.8. The number of aliphatic carboxylic acids is 1. The minimum absolute atomic E-state index is 0.225. The summed E-state index contributed by atoms with van der Waals surface area (Å²) < 4.78 is 5.69. The van der Waals surface area contributed by atoms with Gasteiger partial charge in [0.1, 0.15) is 5.54 Å². The van der Waals surface area contributed by atoms with Gasteiger partial charge in [-0.1, -0.05) is 27.7 Å². The molecule has 112 valence electrons. The van der Waals surface area contributed by atoms with Gasteiger partial charge in [-0.15, -0.1) is 0 Å². The summed E-state index contributed by atoms with van der Waals surface area (Å²) in [6, 6.07) is 0. The Morgan fingerprint density at radius 3 is 2.42 bits per heavy atom. The molecule has 19 heavy (non-hydrogen) atoms. The van der Waals surface area contributed by atoms with E-state index in [1.807, 2.05) is 6.92 Å². The molecule has 0 amide bonds. The van der Waals surface area contributed by atoms with Crippen LogP contribution in [0.15, 0.2) is 0 Å². The maximum Gasteiger partial charge on any atom is 0.326 e. The maximum absolute atomic E-state index is 11.7. The number of ether oxygens (including phenoxy) is 1. The molecule has 0 aromatic rings. The maximum atomic E-state index is 11.7. The normalized spacial score (nSPS) is 19.2. The molecule has 4 nitrogen and oxygen atoms in total. The summed E-state index contributed by atoms with van der Waals surface area (Å²) in [7, 11) is 0. The van der Waals surface area contributed by atoms with Crippen molar-refractivity contribution in [1.29, 1.82) is 0 Å². The van der Waals surface area contributed by atoms with Crippen molar-refractivity contribution in [3.63, 3.8) is 0 Å². The Balaban J connectivity index is 2.51. The number of hydrogen-bond acceptors (Lipinski definition) is 3. The Bertz CT molecular complexity index is 294. The lowest BCUT2D eigenvalue weighted by Crippen LogP contribution is -2.57. The standard InChI is InChI=1S/C15H29NO3/c1-5-9-16-15(13(17)18,12-6-7-12)11-19-10-8-14(2,3)4/h12,16H,5-11H2,1-4H3,(H,17,18). The fourth-order valence-electron chi connectivity index (χ4n) is 2.16. The molecule has 1 saturated carbocycles. The highest BCUT2D eigenvalue weighted by atomic mass is 16.5. The third-order valence-electron chi connectivity index (χ3n) is 3.67. The molecule has 1 atom stereocenters. The average molecular weight is 271 g/mol. The largest absolute Gasteiger partial charge is 0.480 e. The van der Waals surface area contributed by atoms with Crippen molar-refractivity contribution in [2.24, 2.45) is 11.3 Å². The predicted octanol–water partition coefficient (Wildman–Crippen LogP) is 2.67. The molecule has 2 N–H and O–H groups in total. The van der Waals surface area contributed by atoms with E-state index in [9.17, 15) is 9.90 Å². The number of carbonyl (C=O) groups is 1. The molecule has 1 aliphatic carbocycles. The quantitative estimate of drug-likeness (QED) is 0.633. The third kappa shape index (κ3) is 5.11. The molecular weight excluding hydrogens is 242 g/mol. The molecule has 1 rings (SSSR count). The molecule has 0 heterocycles. The van der Waals surface area contributed by atoms with Crippen LogP contribution in [0.5, 0.6) is 0 Å². The van der Waals surface area contributed by atoms with E-state index in [-0.39, 0.29) is 17.9 Å². The zero-order chi connectivity index (χ0) is 14.5. The summed E-state index contributed by atoms with van der Waals surface area (Å²) in [4.78, 5) is 11.7. The van der Waals surface area contributed by atoms with E-state index >= 15 is 0 Å². The van der Waals surface area contributed by atoms with E-state index in [0.717, 1.165) is 32.2 Å². The van der Waals surface area contributed by atoms with Gasteiger partial charge < -0.3 is 9.84 Å². The lowest BCUT2D eigenvalue weighted by atomic mass is 9.92. The van der Waals surface area contributed by atoms with Gasteiger partial charge >= 0.3 is 5.97 Å². The summed E-state index contributed by atoms with van der Waals surface area (Å²) >= 11 is 0. The molecule has 0 bridgehead atoms. The highest BCUT2D eigenvalue weighted by molar-refractivity contribution is 5.80. The van der Waals surface area contributed by atoms with Gasteiger partial charge in [-0.2, -0.15) is 0 Å². The first-order valence-electron chi connectivity index (χ1n) is 7.38. The van der Waals surface area contributed by atoms with Crippen LogP contribution in [0.2, 0.25) is 0 Å². The zero-order valence-corrected chi connectivity index (χ0v) is 12.8. The number of carboxylic acids is 1. The summed E-state index contributed by atoms with van der Waals surface area (Å²) in [6.45, 7) is 10.2. The van der Waals surface area contributed by atoms with E-state index in [0.29, 0.717) is 6.61 Å². The van der Waals surface area contributed by atoms with E-state index in [1.54, 1.807) is 0 Å². The number of carboxylic acid groups (broad SMARTS) is 1.